The van der Waals surface area contributed by atoms with Crippen LogP contribution in [0, 0.1) is 0 Å². The second-order valence-corrected chi connectivity index (χ2v) is 7.13. The number of aromatic nitrogens is 1. The van der Waals surface area contributed by atoms with Gasteiger partial charge in [-0.15, -0.1) is 11.3 Å². The Bertz CT molecular complexity index is 425. The van der Waals surface area contributed by atoms with Crippen LogP contribution in [0.1, 0.15) is 44.7 Å². The van der Waals surface area contributed by atoms with Crippen LogP contribution in [0.5, 0.6) is 0 Å². The van der Waals surface area contributed by atoms with E-state index in [1.807, 2.05) is 0 Å². The van der Waals surface area contributed by atoms with Gasteiger partial charge in [-0.05, 0) is 6.42 Å². The number of hydrogen-bond donors (Lipinski definition) is 1. The van der Waals surface area contributed by atoms with Crippen LogP contribution in [0.4, 0.5) is 5.13 Å². The van der Waals surface area contributed by atoms with E-state index in [9.17, 15) is 0 Å². The number of nitrogens with two attached hydrogens (primary N) is 1. The molecule has 1 aliphatic heterocycles. The second kappa shape index (κ2) is 5.77. The molecule has 0 saturated carbocycles. The molecule has 5 heteroatoms. The summed E-state index contributed by atoms with van der Waals surface area (Å²) in [6.45, 7) is 12.0. The Morgan fingerprint density at radius 1 is 1.47 bits per heavy atom. The molecule has 0 aliphatic carbocycles. The van der Waals surface area contributed by atoms with E-state index < -0.39 is 0 Å². The molecule has 1 atom stereocenters. The fourth-order valence-electron chi connectivity index (χ4n) is 2.34. The van der Waals surface area contributed by atoms with E-state index in [-0.39, 0.29) is 5.41 Å². The molecular weight excluding hydrogens is 258 g/mol. The molecule has 2 rings (SSSR count). The molecule has 1 aromatic heterocycles. The van der Waals surface area contributed by atoms with Crippen molar-refractivity contribution in [3.05, 3.63) is 10.6 Å². The Morgan fingerprint density at radius 3 is 2.74 bits per heavy atom. The minimum Gasteiger partial charge on any atom is -0.375 e. The highest BCUT2D eigenvalue weighted by atomic mass is 32.1. The number of ether oxygens (including phenoxy) is 1. The van der Waals surface area contributed by atoms with Crippen molar-refractivity contribution in [2.24, 2.45) is 5.73 Å². The van der Waals surface area contributed by atoms with Gasteiger partial charge in [0.15, 0.2) is 5.13 Å². The van der Waals surface area contributed by atoms with E-state index in [0.717, 1.165) is 36.9 Å². The SMILES string of the molecule is CCC1CN(c2nc(C(C)(C)C)c(CN)s2)CCO1. The monoisotopic (exact) mass is 283 g/mol. The lowest BCUT2D eigenvalue weighted by Crippen LogP contribution is -2.42. The van der Waals surface area contributed by atoms with Gasteiger partial charge in [-0.3, -0.25) is 0 Å². The molecule has 2 N–H and O–H groups in total. The molecule has 0 spiro atoms. The first-order valence-corrected chi connectivity index (χ1v) is 7.84. The maximum absolute atomic E-state index is 5.87. The minimum atomic E-state index is 0.0555. The third-order valence-electron chi connectivity index (χ3n) is 3.45. The molecule has 1 fully saturated rings. The van der Waals surface area contributed by atoms with Crippen molar-refractivity contribution < 1.29 is 4.74 Å². The van der Waals surface area contributed by atoms with E-state index >= 15 is 0 Å². The number of nitrogens with zero attached hydrogens (tertiary/aromatic N) is 2. The van der Waals surface area contributed by atoms with Crippen molar-refractivity contribution in [3.63, 3.8) is 0 Å². The van der Waals surface area contributed by atoms with Crippen molar-refractivity contribution in [1.82, 2.24) is 4.98 Å². The zero-order valence-corrected chi connectivity index (χ0v) is 13.2. The van der Waals surface area contributed by atoms with E-state index in [0.29, 0.717) is 12.6 Å². The average molecular weight is 283 g/mol. The highest BCUT2D eigenvalue weighted by Gasteiger charge is 2.26. The topological polar surface area (TPSA) is 51.4 Å². The van der Waals surface area contributed by atoms with E-state index in [1.165, 1.54) is 4.88 Å². The average Bonchev–Trinajstić information content (AvgIpc) is 2.83. The van der Waals surface area contributed by atoms with Crippen molar-refractivity contribution in [3.8, 4) is 0 Å². The molecule has 1 aromatic rings. The van der Waals surface area contributed by atoms with Crippen LogP contribution in [0.15, 0.2) is 0 Å². The molecule has 0 bridgehead atoms. The molecule has 0 radical (unpaired) electrons. The highest BCUT2D eigenvalue weighted by molar-refractivity contribution is 7.15. The second-order valence-electron chi connectivity index (χ2n) is 6.07. The number of morpholine rings is 1. The maximum Gasteiger partial charge on any atom is 0.186 e. The van der Waals surface area contributed by atoms with Gasteiger partial charge in [0.05, 0.1) is 18.4 Å². The lowest BCUT2D eigenvalue weighted by Gasteiger charge is -2.32. The zero-order chi connectivity index (χ0) is 14.0. The molecular formula is C14H25N3OS. The first-order chi connectivity index (χ1) is 8.95. The highest BCUT2D eigenvalue weighted by Crippen LogP contribution is 2.34. The fraction of sp³-hybridized carbons (Fsp3) is 0.786. The Balaban J connectivity index is 2.23. The maximum atomic E-state index is 5.87. The molecule has 1 saturated heterocycles. The van der Waals surface area contributed by atoms with Crippen molar-refractivity contribution in [1.29, 1.82) is 0 Å². The normalized spacial score (nSPS) is 20.9. The van der Waals surface area contributed by atoms with E-state index in [2.05, 4.69) is 32.6 Å². The summed E-state index contributed by atoms with van der Waals surface area (Å²) in [7, 11) is 0. The van der Waals surface area contributed by atoms with Crippen LogP contribution in [0.25, 0.3) is 0 Å². The van der Waals surface area contributed by atoms with E-state index in [4.69, 9.17) is 15.5 Å². The van der Waals surface area contributed by atoms with Crippen LogP contribution in [0.3, 0.4) is 0 Å². The van der Waals surface area contributed by atoms with Gasteiger partial charge in [-0.1, -0.05) is 27.7 Å². The third-order valence-corrected chi connectivity index (χ3v) is 4.58. The zero-order valence-electron chi connectivity index (χ0n) is 12.4. The molecule has 1 unspecified atom stereocenters. The fourth-order valence-corrected chi connectivity index (χ4v) is 3.52. The summed E-state index contributed by atoms with van der Waals surface area (Å²) in [6.07, 6.45) is 1.38. The lowest BCUT2D eigenvalue weighted by atomic mass is 9.91. The summed E-state index contributed by atoms with van der Waals surface area (Å²) in [5, 5.41) is 1.10. The molecule has 108 valence electrons. The number of anilines is 1. The van der Waals surface area contributed by atoms with Crippen LogP contribution < -0.4 is 10.6 Å². The van der Waals surface area contributed by atoms with Gasteiger partial charge in [-0.2, -0.15) is 0 Å². The van der Waals surface area contributed by atoms with Crippen LogP contribution in [-0.2, 0) is 16.7 Å². The molecule has 4 nitrogen and oxygen atoms in total. The minimum absolute atomic E-state index is 0.0555. The first-order valence-electron chi connectivity index (χ1n) is 7.02. The number of hydrogen-bond acceptors (Lipinski definition) is 5. The van der Waals surface area contributed by atoms with Crippen molar-refractivity contribution >= 4 is 16.5 Å². The van der Waals surface area contributed by atoms with Gasteiger partial charge < -0.3 is 15.4 Å². The van der Waals surface area contributed by atoms with Crippen LogP contribution in [0.2, 0.25) is 0 Å². The summed E-state index contributed by atoms with van der Waals surface area (Å²) in [5.41, 5.74) is 7.07. The predicted octanol–water partition coefficient (Wildman–Crippen LogP) is 2.51. The summed E-state index contributed by atoms with van der Waals surface area (Å²) < 4.78 is 5.72. The standard InChI is InChI=1S/C14H25N3OS/c1-5-10-9-17(6-7-18-10)13-16-12(14(2,3)4)11(8-15)19-13/h10H,5-9,15H2,1-4H3. The Hall–Kier alpha value is -0.650. The summed E-state index contributed by atoms with van der Waals surface area (Å²) >= 11 is 1.74. The van der Waals surface area contributed by atoms with Gasteiger partial charge in [0.25, 0.3) is 0 Å². The summed E-state index contributed by atoms with van der Waals surface area (Å²) in [6, 6.07) is 0. The van der Waals surface area contributed by atoms with Gasteiger partial charge in [0.1, 0.15) is 0 Å². The molecule has 19 heavy (non-hydrogen) atoms. The van der Waals surface area contributed by atoms with Crippen LogP contribution >= 0.6 is 11.3 Å². The number of rotatable bonds is 3. The first kappa shape index (κ1) is 14.8. The number of thiazole rings is 1. The van der Waals surface area contributed by atoms with Gasteiger partial charge >= 0.3 is 0 Å². The summed E-state index contributed by atoms with van der Waals surface area (Å²) in [5.74, 6) is 0. The molecule has 0 amide bonds. The Morgan fingerprint density at radius 2 is 2.21 bits per heavy atom. The van der Waals surface area contributed by atoms with Crippen molar-refractivity contribution in [2.45, 2.75) is 52.2 Å². The smallest absolute Gasteiger partial charge is 0.186 e. The van der Waals surface area contributed by atoms with Gasteiger partial charge in [0, 0.05) is 29.9 Å². The quantitative estimate of drug-likeness (QED) is 0.926. The molecule has 1 aliphatic rings. The van der Waals surface area contributed by atoms with Gasteiger partial charge in [0.2, 0.25) is 0 Å². The van der Waals surface area contributed by atoms with Crippen LogP contribution in [-0.4, -0.2) is 30.8 Å². The largest absolute Gasteiger partial charge is 0.375 e. The lowest BCUT2D eigenvalue weighted by molar-refractivity contribution is 0.0384. The van der Waals surface area contributed by atoms with Gasteiger partial charge in [-0.25, -0.2) is 4.98 Å². The summed E-state index contributed by atoms with van der Waals surface area (Å²) in [4.78, 5) is 8.41. The third kappa shape index (κ3) is 3.27. The Kier molecular flexibility index (Phi) is 4.48. The predicted molar refractivity (Wildman–Crippen MR) is 80.9 cm³/mol. The molecule has 0 aromatic carbocycles. The molecule has 2 heterocycles. The van der Waals surface area contributed by atoms with E-state index in [1.54, 1.807) is 11.3 Å². The Labute approximate surface area is 120 Å². The van der Waals surface area contributed by atoms with Crippen molar-refractivity contribution in [2.75, 3.05) is 24.6 Å².